The van der Waals surface area contributed by atoms with Crippen LogP contribution in [0, 0.1) is 0 Å². The van der Waals surface area contributed by atoms with Gasteiger partial charge < -0.3 is 19.4 Å². The molecule has 6 nitrogen and oxygen atoms in total. The molecular formula is C16H18N2O4. The summed E-state index contributed by atoms with van der Waals surface area (Å²) < 4.78 is 11.6. The van der Waals surface area contributed by atoms with Crippen molar-refractivity contribution in [2.45, 2.75) is 13.5 Å². The molecule has 0 fully saturated rings. The van der Waals surface area contributed by atoms with Crippen molar-refractivity contribution in [1.29, 1.82) is 0 Å². The lowest BCUT2D eigenvalue weighted by Gasteiger charge is -2.09. The Morgan fingerprint density at radius 3 is 2.59 bits per heavy atom. The van der Waals surface area contributed by atoms with Gasteiger partial charge in [0, 0.05) is 11.9 Å². The molecular weight excluding hydrogens is 284 g/mol. The number of anilines is 1. The molecule has 2 aromatic rings. The fraction of sp³-hybridized carbons (Fsp3) is 0.250. The van der Waals surface area contributed by atoms with Gasteiger partial charge >= 0.3 is 0 Å². The molecule has 6 heteroatoms. The van der Waals surface area contributed by atoms with Crippen molar-refractivity contribution in [2.75, 3.05) is 19.0 Å². The van der Waals surface area contributed by atoms with Gasteiger partial charge in [0.05, 0.1) is 13.7 Å². The normalized spacial score (nSPS) is 10.1. The molecule has 1 aromatic carbocycles. The predicted molar refractivity (Wildman–Crippen MR) is 83.5 cm³/mol. The SMILES string of the molecule is CCOc1ccc(NC(=O)Cn2cccc(OC)c2=O)cc1. The second kappa shape index (κ2) is 7.31. The van der Waals surface area contributed by atoms with Crippen LogP contribution in [-0.2, 0) is 11.3 Å². The van der Waals surface area contributed by atoms with Crippen molar-refractivity contribution in [1.82, 2.24) is 4.57 Å². The lowest BCUT2D eigenvalue weighted by Crippen LogP contribution is -2.27. The number of aromatic nitrogens is 1. The number of hydrogen-bond donors (Lipinski definition) is 1. The number of methoxy groups -OCH3 is 1. The molecule has 1 N–H and O–H groups in total. The van der Waals surface area contributed by atoms with Gasteiger partial charge in [-0.15, -0.1) is 0 Å². The zero-order valence-electron chi connectivity index (χ0n) is 12.5. The van der Waals surface area contributed by atoms with Crippen molar-refractivity contribution in [2.24, 2.45) is 0 Å². The zero-order chi connectivity index (χ0) is 15.9. The van der Waals surface area contributed by atoms with Crippen molar-refractivity contribution in [3.8, 4) is 11.5 Å². The number of hydrogen-bond acceptors (Lipinski definition) is 4. The van der Waals surface area contributed by atoms with E-state index in [9.17, 15) is 9.59 Å². The first-order valence-corrected chi connectivity index (χ1v) is 6.90. The molecule has 1 amide bonds. The fourth-order valence-corrected chi connectivity index (χ4v) is 1.95. The van der Waals surface area contributed by atoms with Gasteiger partial charge in [-0.25, -0.2) is 0 Å². The Morgan fingerprint density at radius 2 is 1.95 bits per heavy atom. The van der Waals surface area contributed by atoms with E-state index >= 15 is 0 Å². The van der Waals surface area contributed by atoms with Crippen LogP contribution >= 0.6 is 0 Å². The predicted octanol–water partition coefficient (Wildman–Crippen LogP) is 1.89. The molecule has 0 aliphatic rings. The summed E-state index contributed by atoms with van der Waals surface area (Å²) in [7, 11) is 1.42. The molecule has 2 rings (SSSR count). The number of ether oxygens (including phenoxy) is 2. The third kappa shape index (κ3) is 3.88. The Morgan fingerprint density at radius 1 is 1.23 bits per heavy atom. The second-order valence-corrected chi connectivity index (χ2v) is 4.52. The van der Waals surface area contributed by atoms with Crippen LogP contribution in [0.3, 0.4) is 0 Å². The average molecular weight is 302 g/mol. The van der Waals surface area contributed by atoms with E-state index in [1.54, 1.807) is 42.6 Å². The van der Waals surface area contributed by atoms with Crippen LogP contribution < -0.4 is 20.3 Å². The summed E-state index contributed by atoms with van der Waals surface area (Å²) in [6.45, 7) is 2.41. The molecule has 0 unspecified atom stereocenters. The fourth-order valence-electron chi connectivity index (χ4n) is 1.95. The molecule has 116 valence electrons. The smallest absolute Gasteiger partial charge is 0.293 e. The molecule has 1 aromatic heterocycles. The molecule has 0 saturated carbocycles. The van der Waals surface area contributed by atoms with Crippen LogP contribution in [0.4, 0.5) is 5.69 Å². The summed E-state index contributed by atoms with van der Waals surface area (Å²) >= 11 is 0. The van der Waals surface area contributed by atoms with Crippen LogP contribution in [0.2, 0.25) is 0 Å². The number of rotatable bonds is 6. The van der Waals surface area contributed by atoms with E-state index in [-0.39, 0.29) is 23.8 Å². The first-order valence-electron chi connectivity index (χ1n) is 6.90. The third-order valence-corrected chi connectivity index (χ3v) is 2.97. The van der Waals surface area contributed by atoms with E-state index < -0.39 is 0 Å². The van der Waals surface area contributed by atoms with Crippen LogP contribution in [-0.4, -0.2) is 24.2 Å². The van der Waals surface area contributed by atoms with Gasteiger partial charge in [0.25, 0.3) is 5.56 Å². The Hall–Kier alpha value is -2.76. The van der Waals surface area contributed by atoms with Crippen LogP contribution in [0.1, 0.15) is 6.92 Å². The number of nitrogens with zero attached hydrogens (tertiary/aromatic N) is 1. The molecule has 1 heterocycles. The first-order chi connectivity index (χ1) is 10.6. The van der Waals surface area contributed by atoms with Gasteiger partial charge in [0.2, 0.25) is 5.91 Å². The third-order valence-electron chi connectivity index (χ3n) is 2.97. The van der Waals surface area contributed by atoms with Crippen LogP contribution in [0.5, 0.6) is 11.5 Å². The molecule has 0 atom stereocenters. The summed E-state index contributed by atoms with van der Waals surface area (Å²) in [6, 6.07) is 10.3. The Bertz CT molecular complexity index is 692. The monoisotopic (exact) mass is 302 g/mol. The largest absolute Gasteiger partial charge is 0.494 e. The Balaban J connectivity index is 2.02. The van der Waals surface area contributed by atoms with E-state index in [2.05, 4.69) is 5.32 Å². The highest BCUT2D eigenvalue weighted by Crippen LogP contribution is 2.15. The maximum atomic E-state index is 12.0. The van der Waals surface area contributed by atoms with E-state index in [1.165, 1.54) is 11.7 Å². The maximum Gasteiger partial charge on any atom is 0.293 e. The van der Waals surface area contributed by atoms with E-state index in [1.807, 2.05) is 6.92 Å². The summed E-state index contributed by atoms with van der Waals surface area (Å²) in [5.41, 5.74) is 0.302. The highest BCUT2D eigenvalue weighted by atomic mass is 16.5. The Kier molecular flexibility index (Phi) is 5.19. The maximum absolute atomic E-state index is 12.0. The van der Waals surface area contributed by atoms with Crippen LogP contribution in [0.15, 0.2) is 47.4 Å². The van der Waals surface area contributed by atoms with E-state index in [0.29, 0.717) is 12.3 Å². The quantitative estimate of drug-likeness (QED) is 0.884. The highest BCUT2D eigenvalue weighted by Gasteiger charge is 2.08. The number of nitrogens with one attached hydrogen (secondary N) is 1. The van der Waals surface area contributed by atoms with E-state index in [0.717, 1.165) is 5.75 Å². The summed E-state index contributed by atoms with van der Waals surface area (Å²) in [4.78, 5) is 23.9. The molecule has 0 saturated heterocycles. The molecule has 0 aliphatic carbocycles. The molecule has 0 aliphatic heterocycles. The minimum Gasteiger partial charge on any atom is -0.494 e. The lowest BCUT2D eigenvalue weighted by atomic mass is 10.3. The lowest BCUT2D eigenvalue weighted by molar-refractivity contribution is -0.116. The molecule has 0 radical (unpaired) electrons. The number of carbonyl (C=O) groups is 1. The number of amides is 1. The van der Waals surface area contributed by atoms with Crippen LogP contribution in [0.25, 0.3) is 0 Å². The number of benzene rings is 1. The van der Waals surface area contributed by atoms with Crippen molar-refractivity contribution < 1.29 is 14.3 Å². The first kappa shape index (κ1) is 15.6. The van der Waals surface area contributed by atoms with Gasteiger partial charge in [-0.2, -0.15) is 0 Å². The summed E-state index contributed by atoms with van der Waals surface area (Å²) in [5, 5.41) is 2.73. The zero-order valence-corrected chi connectivity index (χ0v) is 12.5. The van der Waals surface area contributed by atoms with Gasteiger partial charge in [0.15, 0.2) is 5.75 Å². The summed E-state index contributed by atoms with van der Waals surface area (Å²) in [6.07, 6.45) is 1.54. The van der Waals surface area contributed by atoms with E-state index in [4.69, 9.17) is 9.47 Å². The standard InChI is InChI=1S/C16H18N2O4/c1-3-22-13-8-6-12(7-9-13)17-15(19)11-18-10-4-5-14(21-2)16(18)20/h4-10H,3,11H2,1-2H3,(H,17,19). The van der Waals surface area contributed by atoms with Gasteiger partial charge in [0.1, 0.15) is 12.3 Å². The molecule has 22 heavy (non-hydrogen) atoms. The molecule has 0 spiro atoms. The van der Waals surface area contributed by atoms with Gasteiger partial charge in [-0.1, -0.05) is 0 Å². The average Bonchev–Trinajstić information content (AvgIpc) is 2.51. The van der Waals surface area contributed by atoms with Gasteiger partial charge in [-0.05, 0) is 43.3 Å². The number of carbonyl (C=O) groups excluding carboxylic acids is 1. The van der Waals surface area contributed by atoms with Crippen molar-refractivity contribution >= 4 is 11.6 Å². The Labute approximate surface area is 128 Å². The van der Waals surface area contributed by atoms with Crippen molar-refractivity contribution in [3.63, 3.8) is 0 Å². The second-order valence-electron chi connectivity index (χ2n) is 4.52. The minimum absolute atomic E-state index is 0.0801. The van der Waals surface area contributed by atoms with Crippen molar-refractivity contribution in [3.05, 3.63) is 52.9 Å². The summed E-state index contributed by atoms with van der Waals surface area (Å²) in [5.74, 6) is 0.653. The number of pyridine rings is 1. The molecule has 0 bridgehead atoms. The highest BCUT2D eigenvalue weighted by molar-refractivity contribution is 5.90. The van der Waals surface area contributed by atoms with Gasteiger partial charge in [-0.3, -0.25) is 9.59 Å². The topological polar surface area (TPSA) is 69.6 Å². The minimum atomic E-state index is -0.341.